The molecular weight excluding hydrogens is 276 g/mol. The van der Waals surface area contributed by atoms with Gasteiger partial charge in [0.2, 0.25) is 0 Å². The number of nitrogens with zero attached hydrogens (tertiary/aromatic N) is 1. The van der Waals surface area contributed by atoms with E-state index in [1.54, 1.807) is 6.07 Å². The summed E-state index contributed by atoms with van der Waals surface area (Å²) in [6.07, 6.45) is 0.571. The molecule has 0 N–H and O–H groups in total. The van der Waals surface area contributed by atoms with Crippen molar-refractivity contribution in [1.82, 2.24) is 4.90 Å². The van der Waals surface area contributed by atoms with Gasteiger partial charge in [0.05, 0.1) is 29.4 Å². The first-order valence-electron chi connectivity index (χ1n) is 6.05. The number of halogens is 3. The van der Waals surface area contributed by atoms with Gasteiger partial charge in [0, 0.05) is 19.6 Å². The van der Waals surface area contributed by atoms with Crippen LogP contribution in [0.15, 0.2) is 18.2 Å². The Kier molecular flexibility index (Phi) is 5.25. The van der Waals surface area contributed by atoms with Gasteiger partial charge in [-0.15, -0.1) is 0 Å². The summed E-state index contributed by atoms with van der Waals surface area (Å²) in [6.45, 7) is 2.81. The third-order valence-corrected chi connectivity index (χ3v) is 3.81. The van der Waals surface area contributed by atoms with E-state index >= 15 is 0 Å². The molecule has 2 nitrogen and oxygen atoms in total. The molecule has 1 aromatic carbocycles. The molecule has 2 rings (SSSR count). The van der Waals surface area contributed by atoms with Crippen molar-refractivity contribution in [3.05, 3.63) is 33.8 Å². The standard InChI is InChI=1S/C13H16Cl2FNO/c14-11-3-2-10(8-12(11)15)13-9-17(5-1-4-16)6-7-18-13/h2-3,8,13H,1,4-7,9H2/t13-/m1/s1. The second-order valence-electron chi connectivity index (χ2n) is 4.38. The van der Waals surface area contributed by atoms with Gasteiger partial charge in [-0.2, -0.15) is 0 Å². The minimum absolute atomic E-state index is 0.00636. The van der Waals surface area contributed by atoms with Crippen molar-refractivity contribution < 1.29 is 9.13 Å². The Morgan fingerprint density at radius 3 is 2.89 bits per heavy atom. The number of hydrogen-bond acceptors (Lipinski definition) is 2. The summed E-state index contributed by atoms with van der Waals surface area (Å²) in [6, 6.07) is 5.55. The smallest absolute Gasteiger partial charge is 0.0952 e. The summed E-state index contributed by atoms with van der Waals surface area (Å²) in [4.78, 5) is 2.22. The van der Waals surface area contributed by atoms with E-state index < -0.39 is 0 Å². The molecule has 1 fully saturated rings. The van der Waals surface area contributed by atoms with E-state index in [1.165, 1.54) is 0 Å². The van der Waals surface area contributed by atoms with Crippen LogP contribution >= 0.6 is 23.2 Å². The maximum atomic E-state index is 12.2. The molecule has 0 aliphatic carbocycles. The molecule has 0 radical (unpaired) electrons. The van der Waals surface area contributed by atoms with E-state index in [1.807, 2.05) is 12.1 Å². The number of morpholine rings is 1. The van der Waals surface area contributed by atoms with Crippen LogP contribution in [0.2, 0.25) is 10.0 Å². The Morgan fingerprint density at radius 1 is 1.33 bits per heavy atom. The summed E-state index contributed by atoms with van der Waals surface area (Å²) in [5, 5.41) is 1.09. The molecule has 0 bridgehead atoms. The molecule has 0 spiro atoms. The summed E-state index contributed by atoms with van der Waals surface area (Å²) in [5.41, 5.74) is 1.02. The van der Waals surface area contributed by atoms with Crippen LogP contribution < -0.4 is 0 Å². The average Bonchev–Trinajstić information content (AvgIpc) is 2.40. The maximum Gasteiger partial charge on any atom is 0.0952 e. The fraction of sp³-hybridized carbons (Fsp3) is 0.538. The van der Waals surface area contributed by atoms with E-state index in [0.29, 0.717) is 23.1 Å². The first-order valence-corrected chi connectivity index (χ1v) is 6.81. The molecule has 0 amide bonds. The molecule has 100 valence electrons. The highest BCUT2D eigenvalue weighted by Crippen LogP contribution is 2.28. The normalized spacial score (nSPS) is 21.2. The van der Waals surface area contributed by atoms with Crippen LogP contribution in [0.1, 0.15) is 18.1 Å². The monoisotopic (exact) mass is 291 g/mol. The highest BCUT2D eigenvalue weighted by molar-refractivity contribution is 6.42. The van der Waals surface area contributed by atoms with Crippen LogP contribution in [0.5, 0.6) is 0 Å². The molecule has 1 atom stereocenters. The van der Waals surface area contributed by atoms with Gasteiger partial charge in [-0.1, -0.05) is 29.3 Å². The molecule has 1 aliphatic rings. The second-order valence-corrected chi connectivity index (χ2v) is 5.19. The van der Waals surface area contributed by atoms with Crippen molar-refractivity contribution in [2.45, 2.75) is 12.5 Å². The van der Waals surface area contributed by atoms with E-state index in [0.717, 1.165) is 25.2 Å². The van der Waals surface area contributed by atoms with Crippen molar-refractivity contribution in [2.75, 3.05) is 32.9 Å². The molecule has 18 heavy (non-hydrogen) atoms. The Hall–Kier alpha value is -0.350. The van der Waals surface area contributed by atoms with Gasteiger partial charge in [-0.05, 0) is 24.1 Å². The van der Waals surface area contributed by atoms with Crippen molar-refractivity contribution in [2.24, 2.45) is 0 Å². The van der Waals surface area contributed by atoms with Gasteiger partial charge < -0.3 is 4.74 Å². The molecule has 0 unspecified atom stereocenters. The Bertz CT molecular complexity index is 403. The Balaban J connectivity index is 2.01. The van der Waals surface area contributed by atoms with Crippen LogP contribution in [0.25, 0.3) is 0 Å². The SMILES string of the molecule is FCCCN1CCO[C@@H](c2ccc(Cl)c(Cl)c2)C1. The molecule has 1 aromatic rings. The minimum atomic E-state index is -0.269. The molecule has 1 aliphatic heterocycles. The van der Waals surface area contributed by atoms with E-state index in [2.05, 4.69) is 4.90 Å². The first-order chi connectivity index (χ1) is 8.70. The van der Waals surface area contributed by atoms with Crippen LogP contribution in [0, 0.1) is 0 Å². The molecule has 0 saturated carbocycles. The lowest BCUT2D eigenvalue weighted by atomic mass is 10.1. The largest absolute Gasteiger partial charge is 0.371 e. The fourth-order valence-corrected chi connectivity index (χ4v) is 2.41. The molecular formula is C13H16Cl2FNO. The lowest BCUT2D eigenvalue weighted by molar-refractivity contribution is -0.0306. The van der Waals surface area contributed by atoms with Gasteiger partial charge >= 0.3 is 0 Å². The molecule has 1 saturated heterocycles. The Labute approximate surface area is 117 Å². The van der Waals surface area contributed by atoms with E-state index in [-0.39, 0.29) is 12.8 Å². The quantitative estimate of drug-likeness (QED) is 0.838. The summed E-state index contributed by atoms with van der Waals surface area (Å²) in [5.74, 6) is 0. The number of rotatable bonds is 4. The lowest BCUT2D eigenvalue weighted by Gasteiger charge is -2.33. The van der Waals surface area contributed by atoms with Gasteiger partial charge in [0.1, 0.15) is 0 Å². The second kappa shape index (κ2) is 6.71. The molecule has 5 heteroatoms. The van der Waals surface area contributed by atoms with Crippen molar-refractivity contribution in [3.8, 4) is 0 Å². The van der Waals surface area contributed by atoms with Crippen molar-refractivity contribution in [3.63, 3.8) is 0 Å². The summed E-state index contributed by atoms with van der Waals surface area (Å²) >= 11 is 11.9. The fourth-order valence-electron chi connectivity index (χ4n) is 2.10. The summed E-state index contributed by atoms with van der Waals surface area (Å²) in [7, 11) is 0. The third-order valence-electron chi connectivity index (χ3n) is 3.07. The first kappa shape index (κ1) is 14.1. The van der Waals surface area contributed by atoms with Crippen LogP contribution in [0.4, 0.5) is 4.39 Å². The predicted octanol–water partition coefficient (Wildman–Crippen LogP) is 3.73. The highest BCUT2D eigenvalue weighted by Gasteiger charge is 2.22. The van der Waals surface area contributed by atoms with Gasteiger partial charge in [-0.3, -0.25) is 9.29 Å². The van der Waals surface area contributed by atoms with E-state index in [9.17, 15) is 4.39 Å². The molecule has 0 aromatic heterocycles. The van der Waals surface area contributed by atoms with Crippen LogP contribution in [-0.2, 0) is 4.74 Å². The zero-order valence-corrected chi connectivity index (χ0v) is 11.6. The van der Waals surface area contributed by atoms with Crippen LogP contribution in [0.3, 0.4) is 0 Å². The third kappa shape index (κ3) is 3.58. The topological polar surface area (TPSA) is 12.5 Å². The number of benzene rings is 1. The van der Waals surface area contributed by atoms with E-state index in [4.69, 9.17) is 27.9 Å². The van der Waals surface area contributed by atoms with Gasteiger partial charge in [0.25, 0.3) is 0 Å². The zero-order chi connectivity index (χ0) is 13.0. The summed E-state index contributed by atoms with van der Waals surface area (Å²) < 4.78 is 17.9. The Morgan fingerprint density at radius 2 is 2.17 bits per heavy atom. The zero-order valence-electron chi connectivity index (χ0n) is 10.0. The average molecular weight is 292 g/mol. The lowest BCUT2D eigenvalue weighted by Crippen LogP contribution is -2.39. The number of alkyl halides is 1. The van der Waals surface area contributed by atoms with Crippen LogP contribution in [-0.4, -0.2) is 37.8 Å². The number of ether oxygens (including phenoxy) is 1. The van der Waals surface area contributed by atoms with Gasteiger partial charge in [-0.25, -0.2) is 0 Å². The van der Waals surface area contributed by atoms with Crippen molar-refractivity contribution >= 4 is 23.2 Å². The molecule has 1 heterocycles. The predicted molar refractivity (Wildman–Crippen MR) is 72.2 cm³/mol. The number of hydrogen-bond donors (Lipinski definition) is 0. The maximum absolute atomic E-state index is 12.2. The van der Waals surface area contributed by atoms with Crippen molar-refractivity contribution in [1.29, 1.82) is 0 Å². The minimum Gasteiger partial charge on any atom is -0.371 e. The highest BCUT2D eigenvalue weighted by atomic mass is 35.5. The van der Waals surface area contributed by atoms with Gasteiger partial charge in [0.15, 0.2) is 0 Å².